The van der Waals surface area contributed by atoms with Crippen molar-refractivity contribution in [2.75, 3.05) is 7.11 Å². The van der Waals surface area contributed by atoms with Crippen LogP contribution in [-0.2, 0) is 18.8 Å². The zero-order valence-electron chi connectivity index (χ0n) is 20.3. The number of Topliss-reactive ketones (excluding diaryl/α,β-unsaturated/α-hetero) is 1. The zero-order valence-corrected chi connectivity index (χ0v) is 21.3. The quantitative estimate of drug-likeness (QED) is 0.367. The van der Waals surface area contributed by atoms with E-state index in [-0.39, 0.29) is 22.9 Å². The van der Waals surface area contributed by atoms with E-state index in [1.54, 1.807) is 0 Å². The van der Waals surface area contributed by atoms with Crippen LogP contribution in [0.2, 0.25) is 5.04 Å². The van der Waals surface area contributed by atoms with Crippen molar-refractivity contribution in [2.45, 2.75) is 70.4 Å². The van der Waals surface area contributed by atoms with Crippen LogP contribution in [0.5, 0.6) is 0 Å². The van der Waals surface area contributed by atoms with E-state index in [4.69, 9.17) is 9.16 Å². The highest BCUT2D eigenvalue weighted by Gasteiger charge is 2.56. The van der Waals surface area contributed by atoms with Gasteiger partial charge in [-0.1, -0.05) is 87.9 Å². The van der Waals surface area contributed by atoms with E-state index in [9.17, 15) is 9.59 Å². The highest BCUT2D eigenvalue weighted by atomic mass is 28.4. The van der Waals surface area contributed by atoms with Crippen LogP contribution < -0.4 is 10.4 Å². The first kappa shape index (κ1) is 23.9. The fourth-order valence-electron chi connectivity index (χ4n) is 6.21. The fourth-order valence-corrected chi connectivity index (χ4v) is 10.9. The molecule has 1 unspecified atom stereocenters. The molecule has 2 aliphatic rings. The van der Waals surface area contributed by atoms with Gasteiger partial charge in [-0.25, -0.2) is 0 Å². The third-order valence-corrected chi connectivity index (χ3v) is 12.9. The smallest absolute Gasteiger partial charge is 0.316 e. The van der Waals surface area contributed by atoms with E-state index < -0.39 is 19.7 Å². The summed E-state index contributed by atoms with van der Waals surface area (Å²) in [6.45, 7) is 6.84. The molecule has 0 saturated heterocycles. The number of esters is 1. The molecule has 2 aliphatic carbocycles. The van der Waals surface area contributed by atoms with E-state index in [0.717, 1.165) is 25.7 Å². The van der Waals surface area contributed by atoms with Crippen molar-refractivity contribution in [3.63, 3.8) is 0 Å². The molecule has 3 atom stereocenters. The number of hydrogen-bond donors (Lipinski definition) is 0. The Morgan fingerprint density at radius 1 is 0.939 bits per heavy atom. The topological polar surface area (TPSA) is 52.6 Å². The lowest BCUT2D eigenvalue weighted by Gasteiger charge is -2.45. The van der Waals surface area contributed by atoms with E-state index >= 15 is 0 Å². The Labute approximate surface area is 198 Å². The Kier molecular flexibility index (Phi) is 6.65. The molecule has 0 amide bonds. The molecule has 0 radical (unpaired) electrons. The number of ketones is 1. The van der Waals surface area contributed by atoms with Crippen molar-refractivity contribution in [3.05, 3.63) is 60.7 Å². The minimum atomic E-state index is -2.67. The van der Waals surface area contributed by atoms with Crippen LogP contribution in [0.4, 0.5) is 0 Å². The normalized spacial score (nSPS) is 25.9. The van der Waals surface area contributed by atoms with Gasteiger partial charge in [0.25, 0.3) is 8.32 Å². The number of ether oxygens (including phenoxy) is 1. The maximum absolute atomic E-state index is 13.5. The third kappa shape index (κ3) is 4.21. The van der Waals surface area contributed by atoms with Gasteiger partial charge in [-0.15, -0.1) is 0 Å². The van der Waals surface area contributed by atoms with Crippen LogP contribution in [0.25, 0.3) is 0 Å². The van der Waals surface area contributed by atoms with Gasteiger partial charge in [0, 0.05) is 11.5 Å². The Hall–Kier alpha value is -2.24. The van der Waals surface area contributed by atoms with Crippen molar-refractivity contribution >= 4 is 30.4 Å². The van der Waals surface area contributed by atoms with E-state index in [1.807, 2.05) is 0 Å². The lowest BCUT2D eigenvalue weighted by molar-refractivity contribution is -0.155. The molecule has 4 rings (SSSR count). The maximum atomic E-state index is 13.5. The Bertz CT molecular complexity index is 942. The lowest BCUT2D eigenvalue weighted by Crippen LogP contribution is -2.67. The first-order valence-electron chi connectivity index (χ1n) is 12.1. The van der Waals surface area contributed by atoms with E-state index in [1.165, 1.54) is 17.5 Å². The molecule has 5 heteroatoms. The Morgan fingerprint density at radius 2 is 1.52 bits per heavy atom. The summed E-state index contributed by atoms with van der Waals surface area (Å²) in [6, 6.07) is 21.3. The summed E-state index contributed by atoms with van der Waals surface area (Å²) in [5, 5.41) is 2.41. The molecular formula is C28H36O4Si. The first-order chi connectivity index (χ1) is 15.7. The predicted molar refractivity (Wildman–Crippen MR) is 133 cm³/mol. The number of carbonyl (C=O) groups excluding carboxylic acids is 2. The number of methoxy groups -OCH3 is 1. The summed E-state index contributed by atoms with van der Waals surface area (Å²) in [5.41, 5.74) is -0.451. The molecule has 0 aliphatic heterocycles. The van der Waals surface area contributed by atoms with Gasteiger partial charge in [0.1, 0.15) is 5.92 Å². The van der Waals surface area contributed by atoms with Gasteiger partial charge in [-0.2, -0.15) is 0 Å². The van der Waals surface area contributed by atoms with Gasteiger partial charge in [-0.3, -0.25) is 9.59 Å². The average Bonchev–Trinajstić information content (AvgIpc) is 3.22. The largest absolute Gasteiger partial charge is 0.468 e. The second-order valence-corrected chi connectivity index (χ2v) is 15.0. The molecule has 2 aromatic rings. The van der Waals surface area contributed by atoms with Crippen LogP contribution in [0.1, 0.15) is 59.3 Å². The van der Waals surface area contributed by atoms with Gasteiger partial charge >= 0.3 is 5.97 Å². The number of rotatable bonds is 5. The van der Waals surface area contributed by atoms with Crippen LogP contribution in [0, 0.1) is 11.3 Å². The summed E-state index contributed by atoms with van der Waals surface area (Å²) in [5.74, 6) is -0.917. The zero-order chi connectivity index (χ0) is 23.7. The third-order valence-electron chi connectivity index (χ3n) is 7.80. The monoisotopic (exact) mass is 464 g/mol. The predicted octanol–water partition coefficient (Wildman–Crippen LogP) is 4.64. The minimum Gasteiger partial charge on any atom is -0.468 e. The van der Waals surface area contributed by atoms with E-state index in [0.29, 0.717) is 12.8 Å². The molecular weight excluding hydrogens is 428 g/mol. The number of hydrogen-bond acceptors (Lipinski definition) is 4. The highest BCUT2D eigenvalue weighted by Crippen LogP contribution is 2.51. The Morgan fingerprint density at radius 3 is 2.03 bits per heavy atom. The van der Waals surface area contributed by atoms with Crippen molar-refractivity contribution in [1.82, 2.24) is 0 Å². The summed E-state index contributed by atoms with van der Waals surface area (Å²) < 4.78 is 12.3. The van der Waals surface area contributed by atoms with Crippen LogP contribution in [0.15, 0.2) is 60.7 Å². The van der Waals surface area contributed by atoms with Gasteiger partial charge in [-0.05, 0) is 47.5 Å². The summed E-state index contributed by atoms with van der Waals surface area (Å²) >= 11 is 0. The fraction of sp³-hybridized carbons (Fsp3) is 0.500. The van der Waals surface area contributed by atoms with Crippen molar-refractivity contribution < 1.29 is 18.8 Å². The van der Waals surface area contributed by atoms with Crippen LogP contribution in [-0.4, -0.2) is 33.3 Å². The summed E-state index contributed by atoms with van der Waals surface area (Å²) in [4.78, 5) is 25.7. The second kappa shape index (κ2) is 9.19. The molecule has 0 heterocycles. The molecule has 176 valence electrons. The standard InChI is InChI=1S/C28H36O4Si/c1-27(2,3)33(22-12-7-5-8-13-22,23-14-9-6-10-15-23)32-21-17-19-28(20-21)18-11-16-24(25(28)29)26(30)31-4/h5-10,12-15,21,24H,11,16-20H2,1-4H3/t21-,24?,28-/m1/s1. The molecule has 0 bridgehead atoms. The SMILES string of the molecule is COC(=O)C1CCC[C@]2(CC[C@@H](O[Si](c3ccccc3)(c3ccccc3)C(C)(C)C)C2)C1=O. The van der Waals surface area contributed by atoms with Gasteiger partial charge < -0.3 is 9.16 Å². The molecule has 0 N–H and O–H groups in total. The molecule has 4 nitrogen and oxygen atoms in total. The maximum Gasteiger partial charge on any atom is 0.316 e. The molecule has 2 aromatic carbocycles. The van der Waals surface area contributed by atoms with Crippen LogP contribution >= 0.6 is 0 Å². The second-order valence-electron chi connectivity index (χ2n) is 10.8. The molecule has 0 aromatic heterocycles. The van der Waals surface area contributed by atoms with E-state index in [2.05, 4.69) is 81.4 Å². The van der Waals surface area contributed by atoms with Gasteiger partial charge in [0.2, 0.25) is 0 Å². The van der Waals surface area contributed by atoms with Gasteiger partial charge in [0.05, 0.1) is 7.11 Å². The van der Waals surface area contributed by atoms with Crippen LogP contribution in [0.3, 0.4) is 0 Å². The summed E-state index contributed by atoms with van der Waals surface area (Å²) in [7, 11) is -1.29. The minimum absolute atomic E-state index is 0.00310. The van der Waals surface area contributed by atoms with Crippen molar-refractivity contribution in [2.24, 2.45) is 11.3 Å². The molecule has 33 heavy (non-hydrogen) atoms. The Balaban J connectivity index is 1.70. The average molecular weight is 465 g/mol. The number of benzene rings is 2. The van der Waals surface area contributed by atoms with Crippen molar-refractivity contribution in [3.8, 4) is 0 Å². The summed E-state index contributed by atoms with van der Waals surface area (Å²) in [6.07, 6.45) is 4.68. The molecule has 2 saturated carbocycles. The molecule has 1 spiro atoms. The molecule has 2 fully saturated rings. The lowest BCUT2D eigenvalue weighted by atomic mass is 9.67. The first-order valence-corrected chi connectivity index (χ1v) is 14.1. The van der Waals surface area contributed by atoms with Crippen molar-refractivity contribution in [1.29, 1.82) is 0 Å². The van der Waals surface area contributed by atoms with Gasteiger partial charge in [0.15, 0.2) is 5.78 Å². The highest BCUT2D eigenvalue weighted by molar-refractivity contribution is 6.99. The number of carbonyl (C=O) groups is 2.